The highest BCUT2D eigenvalue weighted by Crippen LogP contribution is 2.19. The second kappa shape index (κ2) is 23.4. The zero-order chi connectivity index (χ0) is 27.8. The lowest BCUT2D eigenvalue weighted by molar-refractivity contribution is 0.198. The van der Waals surface area contributed by atoms with Crippen molar-refractivity contribution >= 4 is 28.8 Å². The quantitative estimate of drug-likeness (QED) is 0.0833. The molecule has 4 N–H and O–H groups in total. The molecule has 1 aromatic carbocycles. The van der Waals surface area contributed by atoms with Crippen LogP contribution in [0.25, 0.3) is 5.57 Å². The normalized spacial score (nSPS) is 10.7. The number of hydrogen-bond acceptors (Lipinski definition) is 7. The number of aromatic nitrogens is 2. The molecule has 0 amide bonds. The third-order valence-electron chi connectivity index (χ3n) is 4.00. The number of hydrogen-bond donors (Lipinski definition) is 3. The first-order chi connectivity index (χ1) is 17.5. The van der Waals surface area contributed by atoms with Gasteiger partial charge >= 0.3 is 6.01 Å². The Morgan fingerprint density at radius 3 is 2.39 bits per heavy atom. The largest absolute Gasteiger partial charge is 0.467 e. The number of methoxy groups -OCH3 is 1. The van der Waals surface area contributed by atoms with Gasteiger partial charge in [-0.2, -0.15) is 9.97 Å². The van der Waals surface area contributed by atoms with Crippen LogP contribution in [0.4, 0.5) is 5.82 Å². The fourth-order valence-electron chi connectivity index (χ4n) is 2.32. The number of oxime groups is 1. The van der Waals surface area contributed by atoms with Crippen LogP contribution in [0.5, 0.6) is 6.01 Å². The summed E-state index contributed by atoms with van der Waals surface area (Å²) in [6.07, 6.45) is 8.12. The molecule has 9 heteroatoms. The van der Waals surface area contributed by atoms with E-state index in [0.29, 0.717) is 18.1 Å². The molecule has 0 saturated heterocycles. The van der Waals surface area contributed by atoms with E-state index in [-0.39, 0.29) is 18.5 Å². The zero-order valence-electron chi connectivity index (χ0n) is 22.6. The van der Waals surface area contributed by atoms with Crippen molar-refractivity contribution in [3.63, 3.8) is 0 Å². The minimum Gasteiger partial charge on any atom is -0.467 e. The molecule has 2 rings (SSSR count). The molecule has 2 aromatic rings. The Balaban J connectivity index is 0. The highest BCUT2D eigenvalue weighted by Gasteiger charge is 2.06. The summed E-state index contributed by atoms with van der Waals surface area (Å²) in [7, 11) is 3.27. The predicted octanol–water partition coefficient (Wildman–Crippen LogP) is 6.37. The highest BCUT2D eigenvalue weighted by molar-refractivity contribution is 6.31. The molecule has 36 heavy (non-hydrogen) atoms. The molecule has 0 unspecified atom stereocenters. The summed E-state index contributed by atoms with van der Waals surface area (Å²) in [5.41, 5.74) is 7.98. The minimum atomic E-state index is 0.0217. The molecule has 8 nitrogen and oxygen atoms in total. The van der Waals surface area contributed by atoms with Gasteiger partial charge in [-0.3, -0.25) is 0 Å². The average Bonchev–Trinajstić information content (AvgIpc) is 2.94. The van der Waals surface area contributed by atoms with Crippen LogP contribution in [-0.2, 0) is 11.2 Å². The van der Waals surface area contributed by atoms with Crippen molar-refractivity contribution in [2.75, 3.05) is 32.7 Å². The lowest BCUT2D eigenvalue weighted by atomic mass is 10.1. The lowest BCUT2D eigenvalue weighted by Crippen LogP contribution is -2.18. The summed E-state index contributed by atoms with van der Waals surface area (Å²) in [5.74, 6) is 0.666. The van der Waals surface area contributed by atoms with Crippen molar-refractivity contribution in [2.45, 2.75) is 41.0 Å². The molecule has 0 aliphatic heterocycles. The third-order valence-corrected chi connectivity index (χ3v) is 4.37. The predicted molar refractivity (Wildman–Crippen MR) is 153 cm³/mol. The summed E-state index contributed by atoms with van der Waals surface area (Å²) in [4.78, 5) is 8.43. The number of allylic oxidation sites excluding steroid dienone is 4. The summed E-state index contributed by atoms with van der Waals surface area (Å²) in [6, 6.07) is 9.97. The van der Waals surface area contributed by atoms with Crippen molar-refractivity contribution in [2.24, 2.45) is 10.9 Å². The number of halogens is 1. The van der Waals surface area contributed by atoms with Crippen molar-refractivity contribution in [1.29, 1.82) is 0 Å². The second-order valence-corrected chi connectivity index (χ2v) is 6.59. The van der Waals surface area contributed by atoms with Gasteiger partial charge in [0, 0.05) is 18.1 Å². The summed E-state index contributed by atoms with van der Waals surface area (Å²) < 4.78 is 10.2. The number of nitrogens with one attached hydrogen (secondary N) is 1. The van der Waals surface area contributed by atoms with E-state index in [4.69, 9.17) is 32.0 Å². The van der Waals surface area contributed by atoms with E-state index in [2.05, 4.69) is 33.9 Å². The molecule has 0 fully saturated rings. The van der Waals surface area contributed by atoms with Gasteiger partial charge in [0.1, 0.15) is 12.4 Å². The van der Waals surface area contributed by atoms with Crippen LogP contribution in [0.2, 0.25) is 5.02 Å². The maximum atomic E-state index is 8.37. The lowest BCUT2D eigenvalue weighted by Gasteiger charge is -2.07. The number of nitrogens with two attached hydrogens (primary N) is 1. The number of ether oxygens (including phenoxy) is 2. The fourth-order valence-corrected chi connectivity index (χ4v) is 2.59. The Hall–Kier alpha value is -3.36. The SMILES string of the molecule is C=C/C(=C\C=C/COC/C(N)=N/O)c1cc(NC)nc(OC)n1.CC.CC.CCc1ccccc1Cl. The van der Waals surface area contributed by atoms with E-state index in [9.17, 15) is 0 Å². The fraction of sp³-hybridized carbons (Fsp3) is 0.370. The Kier molecular flexibility index (Phi) is 22.6. The maximum absolute atomic E-state index is 8.37. The summed E-state index contributed by atoms with van der Waals surface area (Å²) in [6.45, 7) is 14.3. The van der Waals surface area contributed by atoms with E-state index in [1.807, 2.05) is 58.0 Å². The number of nitrogens with zero attached hydrogens (tertiary/aromatic N) is 3. The van der Waals surface area contributed by atoms with E-state index in [0.717, 1.165) is 17.0 Å². The number of anilines is 1. The molecular weight excluding hydrogens is 478 g/mol. The van der Waals surface area contributed by atoms with Crippen molar-refractivity contribution in [1.82, 2.24) is 9.97 Å². The molecule has 0 radical (unpaired) electrons. The Morgan fingerprint density at radius 1 is 1.22 bits per heavy atom. The van der Waals surface area contributed by atoms with Gasteiger partial charge in [-0.05, 0) is 23.6 Å². The Labute approximate surface area is 221 Å². The molecule has 0 atom stereocenters. The first kappa shape index (κ1) is 34.8. The smallest absolute Gasteiger partial charge is 0.318 e. The topological polar surface area (TPSA) is 115 Å². The molecule has 0 aliphatic rings. The van der Waals surface area contributed by atoms with Crippen molar-refractivity contribution < 1.29 is 14.7 Å². The van der Waals surface area contributed by atoms with E-state index in [1.165, 1.54) is 12.7 Å². The minimum absolute atomic E-state index is 0.0217. The molecule has 0 saturated carbocycles. The van der Waals surface area contributed by atoms with Crippen LogP contribution in [-0.4, -0.2) is 48.4 Å². The van der Waals surface area contributed by atoms with Crippen molar-refractivity contribution in [3.05, 3.63) is 77.5 Å². The number of rotatable bonds is 10. The van der Waals surface area contributed by atoms with E-state index in [1.54, 1.807) is 31.3 Å². The van der Waals surface area contributed by atoms with E-state index < -0.39 is 0 Å². The van der Waals surface area contributed by atoms with Crippen molar-refractivity contribution in [3.8, 4) is 6.01 Å². The van der Waals surface area contributed by atoms with Gasteiger partial charge in [0.25, 0.3) is 0 Å². The van der Waals surface area contributed by atoms with Crippen LogP contribution in [0.1, 0.15) is 45.9 Å². The molecule has 1 aromatic heterocycles. The van der Waals surface area contributed by atoms with Gasteiger partial charge in [0.05, 0.1) is 19.4 Å². The van der Waals surface area contributed by atoms with Gasteiger partial charge in [0.15, 0.2) is 5.84 Å². The van der Waals surface area contributed by atoms with E-state index >= 15 is 0 Å². The summed E-state index contributed by atoms with van der Waals surface area (Å²) in [5, 5.41) is 15.0. The second-order valence-electron chi connectivity index (χ2n) is 6.18. The summed E-state index contributed by atoms with van der Waals surface area (Å²) >= 11 is 5.82. The van der Waals surface area contributed by atoms with Crippen LogP contribution in [0, 0.1) is 0 Å². The van der Waals surface area contributed by atoms with Gasteiger partial charge in [-0.15, -0.1) is 0 Å². The molecule has 200 valence electrons. The number of benzene rings is 1. The van der Waals surface area contributed by atoms with Crippen LogP contribution in [0.3, 0.4) is 0 Å². The van der Waals surface area contributed by atoms with Crippen LogP contribution < -0.4 is 15.8 Å². The van der Waals surface area contributed by atoms with Gasteiger partial charge in [-0.1, -0.05) is 100 Å². The maximum Gasteiger partial charge on any atom is 0.318 e. The standard InChI is InChI=1S/C15H21N5O3.C8H9Cl.2C2H6/c1-4-11(7-5-6-8-23-10-13(16)20-21)12-9-14(17-2)19-15(18-12)22-3;1-2-7-5-3-4-6-8(7)9;2*1-2/h4-7,9,21H,1,8,10H2,2-3H3,(H2,16,20)(H,17,18,19);3-6H,2H2,1H3;2*1-2H3/b6-5-,11-7+;;;. The van der Waals surface area contributed by atoms with Gasteiger partial charge < -0.3 is 25.7 Å². The molecule has 0 bridgehead atoms. The molecule has 1 heterocycles. The average molecular weight is 520 g/mol. The Morgan fingerprint density at radius 2 is 1.89 bits per heavy atom. The molecular formula is C27H42ClN5O3. The first-order valence-corrected chi connectivity index (χ1v) is 12.2. The van der Waals surface area contributed by atoms with Gasteiger partial charge in [-0.25, -0.2) is 0 Å². The van der Waals surface area contributed by atoms with Crippen LogP contribution >= 0.6 is 11.6 Å². The highest BCUT2D eigenvalue weighted by atomic mass is 35.5. The van der Waals surface area contributed by atoms with Crippen LogP contribution in [0.15, 0.2) is 66.4 Å². The first-order valence-electron chi connectivity index (χ1n) is 11.9. The number of amidine groups is 1. The third kappa shape index (κ3) is 14.8. The monoisotopic (exact) mass is 519 g/mol. The molecule has 0 spiro atoms. The zero-order valence-corrected chi connectivity index (χ0v) is 23.3. The molecule has 0 aliphatic carbocycles. The van der Waals surface area contributed by atoms with Gasteiger partial charge in [0.2, 0.25) is 0 Å². The Bertz CT molecular complexity index is 925. The number of aryl methyl sites for hydroxylation is 1.